The normalized spacial score (nSPS) is 11.0. The van der Waals surface area contributed by atoms with Crippen LogP contribution in [0.2, 0.25) is 0 Å². The van der Waals surface area contributed by atoms with E-state index in [1.807, 2.05) is 27.7 Å². The number of benzene rings is 2. The van der Waals surface area contributed by atoms with Crippen LogP contribution in [0.1, 0.15) is 59.8 Å². The zero-order chi connectivity index (χ0) is 29.7. The van der Waals surface area contributed by atoms with Crippen molar-refractivity contribution in [2.24, 2.45) is 0 Å². The van der Waals surface area contributed by atoms with Crippen LogP contribution in [-0.4, -0.2) is 44.8 Å². The minimum absolute atomic E-state index is 0.187. The number of carbonyl (C=O) groups excluding carboxylic acids is 2. The van der Waals surface area contributed by atoms with Gasteiger partial charge in [-0.1, -0.05) is 33.8 Å². The first-order chi connectivity index (χ1) is 19.5. The lowest BCUT2D eigenvalue weighted by molar-refractivity contribution is 0.0695. The van der Waals surface area contributed by atoms with Crippen molar-refractivity contribution in [3.8, 4) is 17.2 Å². The summed E-state index contributed by atoms with van der Waals surface area (Å²) in [5, 5.41) is 22.6. The van der Waals surface area contributed by atoms with Gasteiger partial charge < -0.3 is 20.5 Å². The standard InChI is InChI=1S/C30H32N6O5/c1-6-21-22(28(38)39)8-7-9-24(21)36-26(17-25(35-36)30(2,3)4)34-29(40)33-18-10-12-19(13-11-18)41-20-14-15-32-23(16-20)27(37)31-5/h7-17H,6H2,1-5H3,(H,31,37)(H,38,39)(H2,33,34,40). The number of nitrogens with zero attached hydrogens (tertiary/aromatic N) is 3. The summed E-state index contributed by atoms with van der Waals surface area (Å²) in [5.41, 5.74) is 2.53. The van der Waals surface area contributed by atoms with Gasteiger partial charge in [0, 0.05) is 36.5 Å². The number of carboxylic acid groups (broad SMARTS) is 1. The van der Waals surface area contributed by atoms with Gasteiger partial charge in [-0.3, -0.25) is 15.1 Å². The third-order valence-electron chi connectivity index (χ3n) is 6.22. The molecule has 0 radical (unpaired) electrons. The minimum Gasteiger partial charge on any atom is -0.478 e. The SMILES string of the molecule is CCc1c(C(=O)O)cccc1-n1nc(C(C)(C)C)cc1NC(=O)Nc1ccc(Oc2ccnc(C(=O)NC)c2)cc1. The number of hydrogen-bond donors (Lipinski definition) is 4. The average Bonchev–Trinajstić information content (AvgIpc) is 3.37. The Labute approximate surface area is 237 Å². The summed E-state index contributed by atoms with van der Waals surface area (Å²) in [7, 11) is 1.52. The van der Waals surface area contributed by atoms with Gasteiger partial charge in [-0.05, 0) is 54.4 Å². The molecule has 0 spiro atoms. The molecule has 4 aromatic rings. The maximum Gasteiger partial charge on any atom is 0.336 e. The monoisotopic (exact) mass is 556 g/mol. The van der Waals surface area contributed by atoms with Crippen LogP contribution < -0.4 is 20.7 Å². The van der Waals surface area contributed by atoms with Crippen LogP contribution >= 0.6 is 0 Å². The number of carboxylic acids is 1. The topological polar surface area (TPSA) is 147 Å². The highest BCUT2D eigenvalue weighted by atomic mass is 16.5. The van der Waals surface area contributed by atoms with Gasteiger partial charge in [0.25, 0.3) is 5.91 Å². The number of amides is 3. The van der Waals surface area contributed by atoms with E-state index in [0.717, 1.165) is 5.69 Å². The van der Waals surface area contributed by atoms with Crippen LogP contribution in [0.4, 0.5) is 16.3 Å². The summed E-state index contributed by atoms with van der Waals surface area (Å²) in [5.74, 6) is -0.00387. The summed E-state index contributed by atoms with van der Waals surface area (Å²) in [6.07, 6.45) is 1.95. The van der Waals surface area contributed by atoms with Gasteiger partial charge in [-0.2, -0.15) is 5.10 Å². The number of rotatable bonds is 8. The molecular weight excluding hydrogens is 524 g/mol. The molecular formula is C30H32N6O5. The molecule has 2 aromatic heterocycles. The smallest absolute Gasteiger partial charge is 0.336 e. The number of carbonyl (C=O) groups is 3. The minimum atomic E-state index is -1.03. The van der Waals surface area contributed by atoms with Gasteiger partial charge in [0.1, 0.15) is 23.0 Å². The highest BCUT2D eigenvalue weighted by Gasteiger charge is 2.24. The van der Waals surface area contributed by atoms with Crippen molar-refractivity contribution in [3.63, 3.8) is 0 Å². The Hall–Kier alpha value is -5.19. The lowest BCUT2D eigenvalue weighted by Crippen LogP contribution is -2.21. The maximum absolute atomic E-state index is 13.0. The Morgan fingerprint density at radius 2 is 1.71 bits per heavy atom. The lowest BCUT2D eigenvalue weighted by Gasteiger charge is -2.16. The molecule has 0 aliphatic rings. The zero-order valence-electron chi connectivity index (χ0n) is 23.5. The second-order valence-electron chi connectivity index (χ2n) is 10.2. The molecule has 2 heterocycles. The van der Waals surface area contributed by atoms with Crippen molar-refractivity contribution < 1.29 is 24.2 Å². The molecule has 0 atom stereocenters. The molecule has 212 valence electrons. The molecule has 0 saturated carbocycles. The predicted molar refractivity (Wildman–Crippen MR) is 155 cm³/mol. The van der Waals surface area contributed by atoms with Crippen molar-refractivity contribution in [3.05, 3.63) is 89.4 Å². The van der Waals surface area contributed by atoms with E-state index in [2.05, 4.69) is 20.9 Å². The molecule has 0 aliphatic heterocycles. The second-order valence-corrected chi connectivity index (χ2v) is 10.2. The van der Waals surface area contributed by atoms with Crippen molar-refractivity contribution in [2.45, 2.75) is 39.5 Å². The van der Waals surface area contributed by atoms with E-state index in [1.165, 1.54) is 19.3 Å². The van der Waals surface area contributed by atoms with Gasteiger partial charge in [-0.15, -0.1) is 0 Å². The Morgan fingerprint density at radius 1 is 0.976 bits per heavy atom. The van der Waals surface area contributed by atoms with Crippen LogP contribution in [0, 0.1) is 0 Å². The lowest BCUT2D eigenvalue weighted by atomic mass is 9.92. The van der Waals surface area contributed by atoms with Crippen LogP contribution in [0.15, 0.2) is 66.9 Å². The van der Waals surface area contributed by atoms with E-state index in [9.17, 15) is 19.5 Å². The van der Waals surface area contributed by atoms with E-state index in [-0.39, 0.29) is 22.6 Å². The Morgan fingerprint density at radius 3 is 2.34 bits per heavy atom. The van der Waals surface area contributed by atoms with Crippen LogP contribution in [-0.2, 0) is 11.8 Å². The molecule has 11 heteroatoms. The summed E-state index contributed by atoms with van der Waals surface area (Å²) in [4.78, 5) is 40.7. The number of aromatic nitrogens is 3. The van der Waals surface area contributed by atoms with Crippen LogP contribution in [0.25, 0.3) is 5.69 Å². The first-order valence-corrected chi connectivity index (χ1v) is 13.0. The fraction of sp³-hybridized carbons (Fsp3) is 0.233. The molecule has 4 N–H and O–H groups in total. The van der Waals surface area contributed by atoms with Crippen molar-refractivity contribution in [2.75, 3.05) is 17.7 Å². The fourth-order valence-electron chi connectivity index (χ4n) is 4.11. The first-order valence-electron chi connectivity index (χ1n) is 13.0. The van der Waals surface area contributed by atoms with Gasteiger partial charge in [-0.25, -0.2) is 14.3 Å². The highest BCUT2D eigenvalue weighted by Crippen LogP contribution is 2.29. The molecule has 0 bridgehead atoms. The number of hydrogen-bond acceptors (Lipinski definition) is 6. The molecule has 2 aromatic carbocycles. The maximum atomic E-state index is 13.0. The Bertz CT molecular complexity index is 1590. The summed E-state index contributed by atoms with van der Waals surface area (Å²) < 4.78 is 7.39. The highest BCUT2D eigenvalue weighted by molar-refractivity contribution is 5.99. The first kappa shape index (κ1) is 28.8. The van der Waals surface area contributed by atoms with Gasteiger partial charge in [0.05, 0.1) is 16.9 Å². The van der Waals surface area contributed by atoms with E-state index >= 15 is 0 Å². The molecule has 3 amide bonds. The Kier molecular flexibility index (Phi) is 8.37. The third-order valence-corrected chi connectivity index (χ3v) is 6.22. The van der Waals surface area contributed by atoms with E-state index in [1.54, 1.807) is 59.3 Å². The molecule has 0 aliphatic carbocycles. The van der Waals surface area contributed by atoms with Crippen LogP contribution in [0.3, 0.4) is 0 Å². The number of aromatic carboxylic acids is 1. The van der Waals surface area contributed by atoms with E-state index < -0.39 is 12.0 Å². The molecule has 41 heavy (non-hydrogen) atoms. The fourth-order valence-corrected chi connectivity index (χ4v) is 4.11. The van der Waals surface area contributed by atoms with Crippen LogP contribution in [0.5, 0.6) is 11.5 Å². The number of anilines is 2. The summed E-state index contributed by atoms with van der Waals surface area (Å²) in [6.45, 7) is 7.90. The largest absolute Gasteiger partial charge is 0.478 e. The molecule has 4 rings (SSSR count). The summed E-state index contributed by atoms with van der Waals surface area (Å²) in [6, 6.07) is 16.2. The van der Waals surface area contributed by atoms with Crippen molar-refractivity contribution in [1.82, 2.24) is 20.1 Å². The van der Waals surface area contributed by atoms with E-state index in [0.29, 0.717) is 40.7 Å². The molecule has 0 saturated heterocycles. The second kappa shape index (κ2) is 11.9. The van der Waals surface area contributed by atoms with E-state index in [4.69, 9.17) is 9.84 Å². The quantitative estimate of drug-likeness (QED) is 0.220. The number of pyridine rings is 1. The number of urea groups is 1. The van der Waals surface area contributed by atoms with Crippen molar-refractivity contribution >= 4 is 29.4 Å². The molecule has 11 nitrogen and oxygen atoms in total. The third kappa shape index (κ3) is 6.70. The van der Waals surface area contributed by atoms with Gasteiger partial charge in [0.2, 0.25) is 0 Å². The average molecular weight is 557 g/mol. The molecule has 0 unspecified atom stereocenters. The predicted octanol–water partition coefficient (Wildman–Crippen LogP) is 5.62. The molecule has 0 fully saturated rings. The number of ether oxygens (including phenoxy) is 1. The zero-order valence-corrected chi connectivity index (χ0v) is 23.5. The Balaban J connectivity index is 1.54. The van der Waals surface area contributed by atoms with Gasteiger partial charge in [0.15, 0.2) is 0 Å². The van der Waals surface area contributed by atoms with Crippen molar-refractivity contribution in [1.29, 1.82) is 0 Å². The van der Waals surface area contributed by atoms with Gasteiger partial charge >= 0.3 is 12.0 Å². The summed E-state index contributed by atoms with van der Waals surface area (Å²) >= 11 is 0. The number of nitrogens with one attached hydrogen (secondary N) is 3.